The third kappa shape index (κ3) is 1.16. The van der Waals surface area contributed by atoms with Crippen LogP contribution < -0.4 is 5.56 Å². The molecule has 19 heavy (non-hydrogen) atoms. The zero-order chi connectivity index (χ0) is 13.0. The second-order valence-electron chi connectivity index (χ2n) is 4.54. The van der Waals surface area contributed by atoms with Gasteiger partial charge in [0.1, 0.15) is 6.29 Å². The van der Waals surface area contributed by atoms with Crippen LogP contribution in [-0.2, 0) is 4.79 Å². The largest absolute Gasteiger partial charge is 0.317 e. The Bertz CT molecular complexity index is 876. The number of fused-ring (bicyclic) bond motifs is 5. The highest BCUT2D eigenvalue weighted by Crippen LogP contribution is 2.41. The van der Waals surface area contributed by atoms with Crippen LogP contribution in [0.4, 0.5) is 0 Å². The van der Waals surface area contributed by atoms with E-state index < -0.39 is 0 Å². The molecular weight excluding hydrogens is 242 g/mol. The Kier molecular flexibility index (Phi) is 1.84. The smallest absolute Gasteiger partial charge is 0.292 e. The maximum absolute atomic E-state index is 12.0. The maximum Gasteiger partial charge on any atom is 0.292 e. The van der Waals surface area contributed by atoms with E-state index in [2.05, 4.69) is 9.97 Å². The number of carbonyl (C=O) groups excluding carboxylic acids is 1. The van der Waals surface area contributed by atoms with Crippen molar-refractivity contribution in [1.29, 1.82) is 0 Å². The molecule has 0 aliphatic heterocycles. The number of hydrogen-bond acceptors (Lipinski definition) is 3. The summed E-state index contributed by atoms with van der Waals surface area (Å²) in [6.07, 6.45) is 4.18. The van der Waals surface area contributed by atoms with E-state index in [0.29, 0.717) is 11.3 Å². The lowest BCUT2D eigenvalue weighted by molar-refractivity contribution is -0.108. The highest BCUT2D eigenvalue weighted by atomic mass is 16.1. The topological polar surface area (TPSA) is 67.2 Å². The summed E-state index contributed by atoms with van der Waals surface area (Å²) in [7, 11) is 0. The number of imidazole rings is 1. The normalized spacial score (nSPS) is 16.3. The number of carbonyl (C=O) groups is 1. The number of nitrogens with one attached hydrogen (secondary N) is 1. The molecule has 0 amide bonds. The molecule has 5 heteroatoms. The molecule has 1 aliphatic rings. The Morgan fingerprint density at radius 3 is 3.00 bits per heavy atom. The van der Waals surface area contributed by atoms with E-state index in [9.17, 15) is 9.59 Å². The number of benzene rings is 1. The zero-order valence-corrected chi connectivity index (χ0v) is 9.83. The first-order valence-corrected chi connectivity index (χ1v) is 5.95. The zero-order valence-electron chi connectivity index (χ0n) is 9.83. The average Bonchev–Trinajstić information content (AvgIpc) is 3.01. The van der Waals surface area contributed by atoms with Crippen LogP contribution in [0.2, 0.25) is 0 Å². The van der Waals surface area contributed by atoms with E-state index in [4.69, 9.17) is 0 Å². The Labute approximate surface area is 107 Å². The van der Waals surface area contributed by atoms with Crippen molar-refractivity contribution in [2.24, 2.45) is 0 Å². The lowest BCUT2D eigenvalue weighted by Crippen LogP contribution is -2.15. The highest BCUT2D eigenvalue weighted by molar-refractivity contribution is 5.85. The quantitative estimate of drug-likeness (QED) is 0.663. The molecule has 0 bridgehead atoms. The summed E-state index contributed by atoms with van der Waals surface area (Å²) in [5.74, 6) is -0.361. The standard InChI is InChI=1S/C14H9N3O2/c18-7-10-8-3-1-2-4-9(8)11-12(10)17-6-5-15-13(17)14(19)16-11/h1-7,10H,(H,16,19). The first-order chi connectivity index (χ1) is 9.31. The van der Waals surface area contributed by atoms with Gasteiger partial charge in [-0.15, -0.1) is 0 Å². The second-order valence-corrected chi connectivity index (χ2v) is 4.54. The molecule has 2 heterocycles. The first kappa shape index (κ1) is 10.3. The molecular formula is C14H9N3O2. The number of nitrogens with zero attached hydrogens (tertiary/aromatic N) is 2. The average molecular weight is 251 g/mol. The van der Waals surface area contributed by atoms with Crippen LogP contribution >= 0.6 is 0 Å². The number of aldehydes is 1. The van der Waals surface area contributed by atoms with Gasteiger partial charge in [0.05, 0.1) is 17.3 Å². The lowest BCUT2D eigenvalue weighted by atomic mass is 10.0. The van der Waals surface area contributed by atoms with Gasteiger partial charge >= 0.3 is 0 Å². The molecule has 1 aromatic carbocycles. The lowest BCUT2D eigenvalue weighted by Gasteiger charge is -2.07. The van der Waals surface area contributed by atoms with Crippen molar-refractivity contribution in [1.82, 2.24) is 14.4 Å². The maximum atomic E-state index is 12.0. The van der Waals surface area contributed by atoms with Gasteiger partial charge in [0.25, 0.3) is 5.56 Å². The van der Waals surface area contributed by atoms with Gasteiger partial charge in [-0.25, -0.2) is 4.98 Å². The Morgan fingerprint density at radius 2 is 2.16 bits per heavy atom. The Balaban J connectivity index is 2.22. The van der Waals surface area contributed by atoms with Crippen molar-refractivity contribution < 1.29 is 4.79 Å². The second kappa shape index (κ2) is 3.41. The van der Waals surface area contributed by atoms with Crippen LogP contribution in [0.5, 0.6) is 0 Å². The van der Waals surface area contributed by atoms with Crippen LogP contribution in [0, 0.1) is 0 Å². The molecule has 0 saturated heterocycles. The fraction of sp³-hybridized carbons (Fsp3) is 0.0714. The molecule has 1 unspecified atom stereocenters. The predicted molar refractivity (Wildman–Crippen MR) is 69.2 cm³/mol. The number of H-pyrrole nitrogens is 1. The highest BCUT2D eigenvalue weighted by Gasteiger charge is 2.31. The molecule has 0 spiro atoms. The molecule has 1 N–H and O–H groups in total. The number of aromatic nitrogens is 3. The van der Waals surface area contributed by atoms with E-state index in [-0.39, 0.29) is 11.5 Å². The van der Waals surface area contributed by atoms with E-state index in [1.165, 1.54) is 0 Å². The summed E-state index contributed by atoms with van der Waals surface area (Å²) in [4.78, 5) is 30.3. The molecule has 1 aliphatic carbocycles. The minimum Gasteiger partial charge on any atom is -0.317 e. The molecule has 1 atom stereocenters. The van der Waals surface area contributed by atoms with Gasteiger partial charge < -0.3 is 9.78 Å². The van der Waals surface area contributed by atoms with Crippen LogP contribution in [-0.4, -0.2) is 20.7 Å². The molecule has 0 saturated carbocycles. The molecule has 5 nitrogen and oxygen atoms in total. The van der Waals surface area contributed by atoms with E-state index in [1.54, 1.807) is 16.8 Å². The molecule has 0 fully saturated rings. The predicted octanol–water partition coefficient (Wildman–Crippen LogP) is 1.33. The van der Waals surface area contributed by atoms with Crippen LogP contribution in [0.3, 0.4) is 0 Å². The Morgan fingerprint density at radius 1 is 1.32 bits per heavy atom. The van der Waals surface area contributed by atoms with Crippen molar-refractivity contribution >= 4 is 11.9 Å². The van der Waals surface area contributed by atoms with Gasteiger partial charge in [-0.1, -0.05) is 24.3 Å². The number of rotatable bonds is 1. The molecule has 92 valence electrons. The van der Waals surface area contributed by atoms with Gasteiger partial charge in [0.2, 0.25) is 5.65 Å². The molecule has 4 rings (SSSR count). The summed E-state index contributed by atoms with van der Waals surface area (Å²) in [6.45, 7) is 0. The van der Waals surface area contributed by atoms with E-state index >= 15 is 0 Å². The van der Waals surface area contributed by atoms with Crippen LogP contribution in [0.1, 0.15) is 17.2 Å². The summed E-state index contributed by atoms with van der Waals surface area (Å²) in [5.41, 5.74) is 3.39. The SMILES string of the molecule is O=CC1c2ccccc2-c2[nH]c(=O)c3nccn3c21. The van der Waals surface area contributed by atoms with Gasteiger partial charge in [-0.05, 0) is 5.56 Å². The molecule has 2 aromatic heterocycles. The van der Waals surface area contributed by atoms with Gasteiger partial charge in [-0.3, -0.25) is 9.20 Å². The molecule has 3 aromatic rings. The number of hydrogen-bond donors (Lipinski definition) is 1. The summed E-state index contributed by atoms with van der Waals surface area (Å²) in [5, 5.41) is 0. The van der Waals surface area contributed by atoms with Crippen LogP contribution in [0.25, 0.3) is 16.9 Å². The summed E-state index contributed by atoms with van der Waals surface area (Å²) < 4.78 is 1.70. The third-order valence-corrected chi connectivity index (χ3v) is 3.59. The number of aromatic amines is 1. The molecule has 0 radical (unpaired) electrons. The third-order valence-electron chi connectivity index (χ3n) is 3.59. The van der Waals surface area contributed by atoms with E-state index in [0.717, 1.165) is 23.1 Å². The summed E-state index contributed by atoms with van der Waals surface area (Å²) >= 11 is 0. The first-order valence-electron chi connectivity index (χ1n) is 5.95. The van der Waals surface area contributed by atoms with Crippen LogP contribution in [0.15, 0.2) is 41.5 Å². The fourth-order valence-corrected chi connectivity index (χ4v) is 2.81. The van der Waals surface area contributed by atoms with Gasteiger partial charge in [0.15, 0.2) is 0 Å². The van der Waals surface area contributed by atoms with Crippen molar-refractivity contribution in [2.75, 3.05) is 0 Å². The fourth-order valence-electron chi connectivity index (χ4n) is 2.81. The van der Waals surface area contributed by atoms with E-state index in [1.807, 2.05) is 24.3 Å². The minimum atomic E-state index is -0.361. The van der Waals surface area contributed by atoms with Crippen molar-refractivity contribution in [3.05, 3.63) is 58.3 Å². The van der Waals surface area contributed by atoms with Crippen molar-refractivity contribution in [2.45, 2.75) is 5.92 Å². The minimum absolute atomic E-state index is 0.245. The van der Waals surface area contributed by atoms with Crippen molar-refractivity contribution in [3.63, 3.8) is 0 Å². The van der Waals surface area contributed by atoms with Crippen molar-refractivity contribution in [3.8, 4) is 11.3 Å². The Hall–Kier alpha value is -2.69. The van der Waals surface area contributed by atoms with Gasteiger partial charge in [0, 0.05) is 18.0 Å². The summed E-state index contributed by atoms with van der Waals surface area (Å²) in [6, 6.07) is 7.61. The van der Waals surface area contributed by atoms with Gasteiger partial charge in [-0.2, -0.15) is 0 Å². The monoisotopic (exact) mass is 251 g/mol.